The van der Waals surface area contributed by atoms with Crippen LogP contribution < -0.4 is 0 Å². The Kier molecular flexibility index (Phi) is 7.84. The Balaban J connectivity index is 3.10. The molecule has 0 spiro atoms. The molecule has 0 aliphatic carbocycles. The van der Waals surface area contributed by atoms with E-state index in [1.54, 1.807) is 0 Å². The molecule has 7 heteroatoms. The Morgan fingerprint density at radius 3 is 2.00 bits per heavy atom. The van der Waals surface area contributed by atoms with Gasteiger partial charge in [-0.15, -0.1) is 0 Å². The molecule has 0 amide bonds. The summed E-state index contributed by atoms with van der Waals surface area (Å²) in [5.41, 5.74) is 0.897. The summed E-state index contributed by atoms with van der Waals surface area (Å²) in [5, 5.41) is 46.6. The van der Waals surface area contributed by atoms with Crippen molar-refractivity contribution in [2.45, 2.75) is 37.9 Å². The lowest BCUT2D eigenvalue weighted by Gasteiger charge is -2.19. The van der Waals surface area contributed by atoms with Gasteiger partial charge in [0, 0.05) is 38.0 Å². The van der Waals surface area contributed by atoms with Crippen molar-refractivity contribution >= 4 is 11.8 Å². The van der Waals surface area contributed by atoms with Crippen LogP contribution in [0.2, 0.25) is 0 Å². The number of aliphatic hydroxyl groups excluding tert-OH is 4. The summed E-state index contributed by atoms with van der Waals surface area (Å²) in [6, 6.07) is 4.33. The summed E-state index contributed by atoms with van der Waals surface area (Å²) in [5.74, 6) is -1.46. The molecule has 0 fully saturated rings. The predicted molar refractivity (Wildman–Crippen MR) is 81.0 cm³/mol. The number of carboxylic acid groups (broad SMARTS) is 1. The summed E-state index contributed by atoms with van der Waals surface area (Å²) in [6.07, 6.45) is -2.43. The standard InChI is InChI=1S/C16H22O7/c17-7-5-14(20)11-2-1-10(13(19)3-4-16(22)23)9-12(11)15(21)6-8-18/h1-2,9,14-15,17-18,20-21H,3-8H2,(H,22,23). The molecule has 0 saturated carbocycles. The number of aliphatic carboxylic acids is 1. The van der Waals surface area contributed by atoms with Gasteiger partial charge in [-0.1, -0.05) is 12.1 Å². The van der Waals surface area contributed by atoms with Gasteiger partial charge in [0.2, 0.25) is 0 Å². The van der Waals surface area contributed by atoms with Gasteiger partial charge in [-0.2, -0.15) is 0 Å². The lowest BCUT2D eigenvalue weighted by atomic mass is 9.91. The van der Waals surface area contributed by atoms with Crippen LogP contribution in [-0.2, 0) is 4.79 Å². The molecule has 1 aromatic carbocycles. The van der Waals surface area contributed by atoms with E-state index in [0.717, 1.165) is 0 Å². The topological polar surface area (TPSA) is 135 Å². The van der Waals surface area contributed by atoms with E-state index < -0.39 is 18.2 Å². The molecule has 1 rings (SSSR count). The SMILES string of the molecule is O=C(O)CCC(=O)c1ccc(C(O)CCO)c(C(O)CCO)c1. The van der Waals surface area contributed by atoms with Gasteiger partial charge in [-0.25, -0.2) is 0 Å². The van der Waals surface area contributed by atoms with Crippen LogP contribution >= 0.6 is 0 Å². The van der Waals surface area contributed by atoms with Gasteiger partial charge in [0.05, 0.1) is 18.6 Å². The van der Waals surface area contributed by atoms with Crippen molar-refractivity contribution in [3.63, 3.8) is 0 Å². The summed E-state index contributed by atoms with van der Waals surface area (Å²) >= 11 is 0. The number of benzene rings is 1. The van der Waals surface area contributed by atoms with Crippen LogP contribution in [0.4, 0.5) is 0 Å². The molecule has 0 aliphatic heterocycles. The third-order valence-corrected chi connectivity index (χ3v) is 3.50. The summed E-state index contributed by atoms with van der Waals surface area (Å²) < 4.78 is 0. The number of hydrogen-bond donors (Lipinski definition) is 5. The molecule has 23 heavy (non-hydrogen) atoms. The fourth-order valence-corrected chi connectivity index (χ4v) is 2.26. The van der Waals surface area contributed by atoms with Crippen molar-refractivity contribution in [3.8, 4) is 0 Å². The zero-order valence-corrected chi connectivity index (χ0v) is 12.7. The molecule has 0 aromatic heterocycles. The fraction of sp³-hybridized carbons (Fsp3) is 0.500. The molecule has 2 unspecified atom stereocenters. The fourth-order valence-electron chi connectivity index (χ4n) is 2.26. The molecular formula is C16H22O7. The quantitative estimate of drug-likeness (QED) is 0.396. The van der Waals surface area contributed by atoms with Crippen LogP contribution in [-0.4, -0.2) is 50.5 Å². The Hall–Kier alpha value is -1.80. The minimum atomic E-state index is -1.08. The van der Waals surface area contributed by atoms with E-state index in [0.29, 0.717) is 11.1 Å². The Morgan fingerprint density at radius 1 is 0.913 bits per heavy atom. The molecule has 0 heterocycles. The van der Waals surface area contributed by atoms with Crippen molar-refractivity contribution in [2.24, 2.45) is 0 Å². The number of rotatable bonds is 10. The molecule has 2 atom stereocenters. The average Bonchev–Trinajstić information content (AvgIpc) is 2.52. The van der Waals surface area contributed by atoms with Crippen LogP contribution in [0.1, 0.15) is 59.4 Å². The van der Waals surface area contributed by atoms with Gasteiger partial charge in [0.15, 0.2) is 5.78 Å². The molecular weight excluding hydrogens is 304 g/mol. The van der Waals surface area contributed by atoms with Crippen LogP contribution in [0.5, 0.6) is 0 Å². The smallest absolute Gasteiger partial charge is 0.303 e. The first kappa shape index (κ1) is 19.2. The van der Waals surface area contributed by atoms with Crippen LogP contribution in [0, 0.1) is 0 Å². The molecule has 0 radical (unpaired) electrons. The van der Waals surface area contributed by atoms with E-state index in [9.17, 15) is 19.8 Å². The highest BCUT2D eigenvalue weighted by molar-refractivity contribution is 5.97. The molecule has 128 valence electrons. The number of carbonyl (C=O) groups excluding carboxylic acids is 1. The lowest BCUT2D eigenvalue weighted by molar-refractivity contribution is -0.136. The van der Waals surface area contributed by atoms with Gasteiger partial charge in [-0.3, -0.25) is 9.59 Å². The van der Waals surface area contributed by atoms with Gasteiger partial charge in [-0.05, 0) is 17.2 Å². The summed E-state index contributed by atoms with van der Waals surface area (Å²) in [7, 11) is 0. The van der Waals surface area contributed by atoms with Crippen molar-refractivity contribution in [1.29, 1.82) is 0 Å². The highest BCUT2D eigenvalue weighted by Crippen LogP contribution is 2.29. The molecule has 0 aliphatic rings. The predicted octanol–water partition coefficient (Wildman–Crippen LogP) is 0.566. The Bertz CT molecular complexity index is 541. The number of Topliss-reactive ketones (excluding diaryl/α,β-unsaturated/α-hetero) is 1. The largest absolute Gasteiger partial charge is 0.481 e. The van der Waals surface area contributed by atoms with E-state index in [2.05, 4.69) is 0 Å². The van der Waals surface area contributed by atoms with E-state index in [4.69, 9.17) is 15.3 Å². The molecule has 0 saturated heterocycles. The van der Waals surface area contributed by atoms with Crippen molar-refractivity contribution in [2.75, 3.05) is 13.2 Å². The van der Waals surface area contributed by atoms with Crippen LogP contribution in [0.3, 0.4) is 0 Å². The molecule has 5 N–H and O–H groups in total. The molecule has 0 bridgehead atoms. The maximum Gasteiger partial charge on any atom is 0.303 e. The van der Waals surface area contributed by atoms with Crippen molar-refractivity contribution in [3.05, 3.63) is 34.9 Å². The normalized spacial score (nSPS) is 13.6. The number of carboxylic acids is 1. The van der Waals surface area contributed by atoms with Crippen LogP contribution in [0.15, 0.2) is 18.2 Å². The zero-order chi connectivity index (χ0) is 17.4. The highest BCUT2D eigenvalue weighted by atomic mass is 16.4. The van der Waals surface area contributed by atoms with E-state index in [1.165, 1.54) is 18.2 Å². The number of carbonyl (C=O) groups is 2. The van der Waals surface area contributed by atoms with Gasteiger partial charge in [0.1, 0.15) is 0 Å². The first-order valence-electron chi connectivity index (χ1n) is 7.37. The summed E-state index contributed by atoms with van der Waals surface area (Å²) in [4.78, 5) is 22.5. The third kappa shape index (κ3) is 5.72. The maximum absolute atomic E-state index is 12.0. The number of ketones is 1. The molecule has 1 aromatic rings. The Morgan fingerprint density at radius 2 is 1.48 bits per heavy atom. The van der Waals surface area contributed by atoms with Crippen molar-refractivity contribution < 1.29 is 35.1 Å². The number of aliphatic hydroxyl groups is 4. The second kappa shape index (κ2) is 9.36. The highest BCUT2D eigenvalue weighted by Gasteiger charge is 2.20. The zero-order valence-electron chi connectivity index (χ0n) is 12.7. The van der Waals surface area contributed by atoms with Gasteiger partial charge >= 0.3 is 5.97 Å². The Labute approximate surface area is 133 Å². The van der Waals surface area contributed by atoms with Crippen molar-refractivity contribution in [1.82, 2.24) is 0 Å². The minimum Gasteiger partial charge on any atom is -0.481 e. The van der Waals surface area contributed by atoms with Gasteiger partial charge < -0.3 is 25.5 Å². The second-order valence-corrected chi connectivity index (χ2v) is 5.22. The van der Waals surface area contributed by atoms with E-state index >= 15 is 0 Å². The van der Waals surface area contributed by atoms with Crippen LogP contribution in [0.25, 0.3) is 0 Å². The monoisotopic (exact) mass is 326 g/mol. The summed E-state index contributed by atoms with van der Waals surface area (Å²) in [6.45, 7) is -0.510. The molecule has 7 nitrogen and oxygen atoms in total. The second-order valence-electron chi connectivity index (χ2n) is 5.22. The number of hydrogen-bond acceptors (Lipinski definition) is 6. The minimum absolute atomic E-state index is 0.0333. The first-order chi connectivity index (χ1) is 10.9. The third-order valence-electron chi connectivity index (χ3n) is 3.50. The first-order valence-corrected chi connectivity index (χ1v) is 7.37. The average molecular weight is 326 g/mol. The van der Waals surface area contributed by atoms with E-state index in [1.807, 2.05) is 0 Å². The maximum atomic E-state index is 12.0. The van der Waals surface area contributed by atoms with E-state index in [-0.39, 0.29) is 50.2 Å². The van der Waals surface area contributed by atoms with Gasteiger partial charge in [0.25, 0.3) is 0 Å². The lowest BCUT2D eigenvalue weighted by Crippen LogP contribution is -2.11.